The fourth-order valence-electron chi connectivity index (χ4n) is 2.47. The summed E-state index contributed by atoms with van der Waals surface area (Å²) in [6, 6.07) is 4.59. The molecule has 4 nitrogen and oxygen atoms in total. The molecule has 0 amide bonds. The van der Waals surface area contributed by atoms with Crippen LogP contribution >= 0.6 is 0 Å². The van der Waals surface area contributed by atoms with Gasteiger partial charge in [-0.15, -0.1) is 0 Å². The van der Waals surface area contributed by atoms with Crippen molar-refractivity contribution in [2.45, 2.75) is 19.4 Å². The van der Waals surface area contributed by atoms with E-state index in [-0.39, 0.29) is 0 Å². The van der Waals surface area contributed by atoms with Gasteiger partial charge < -0.3 is 19.5 Å². The molecule has 0 bridgehead atoms. The zero-order valence-electron chi connectivity index (χ0n) is 10.7. The lowest BCUT2D eigenvalue weighted by Gasteiger charge is -2.25. The summed E-state index contributed by atoms with van der Waals surface area (Å²) in [6.07, 6.45) is 0.975. The van der Waals surface area contributed by atoms with Crippen molar-refractivity contribution in [2.75, 3.05) is 33.0 Å². The molecule has 3 rings (SSSR count). The van der Waals surface area contributed by atoms with Gasteiger partial charge in [-0.05, 0) is 36.6 Å². The van der Waals surface area contributed by atoms with E-state index in [9.17, 15) is 0 Å². The van der Waals surface area contributed by atoms with E-state index >= 15 is 0 Å². The molecule has 0 aromatic heterocycles. The maximum absolute atomic E-state index is 5.63. The van der Waals surface area contributed by atoms with Gasteiger partial charge in [0, 0.05) is 12.6 Å². The summed E-state index contributed by atoms with van der Waals surface area (Å²) >= 11 is 0. The first-order valence-corrected chi connectivity index (χ1v) is 6.53. The first-order valence-electron chi connectivity index (χ1n) is 6.53. The number of hydrogen-bond acceptors (Lipinski definition) is 4. The average molecular weight is 249 g/mol. The fraction of sp³-hybridized carbons (Fsp3) is 0.571. The summed E-state index contributed by atoms with van der Waals surface area (Å²) < 4.78 is 16.7. The molecule has 1 N–H and O–H groups in total. The van der Waals surface area contributed by atoms with E-state index in [1.807, 2.05) is 0 Å². The highest BCUT2D eigenvalue weighted by Crippen LogP contribution is 2.33. The molecule has 2 aliphatic rings. The third-order valence-electron chi connectivity index (χ3n) is 3.47. The molecule has 1 unspecified atom stereocenters. The Morgan fingerprint density at radius 1 is 1.17 bits per heavy atom. The minimum absolute atomic E-state index is 0.403. The van der Waals surface area contributed by atoms with Crippen molar-refractivity contribution in [3.05, 3.63) is 23.3 Å². The molecule has 1 atom stereocenters. The fourth-order valence-corrected chi connectivity index (χ4v) is 2.47. The third-order valence-corrected chi connectivity index (χ3v) is 3.47. The molecule has 18 heavy (non-hydrogen) atoms. The molecule has 98 valence electrons. The summed E-state index contributed by atoms with van der Waals surface area (Å²) in [5, 5.41) is 3.48. The summed E-state index contributed by atoms with van der Waals surface area (Å²) in [6.45, 7) is 5.94. The van der Waals surface area contributed by atoms with E-state index < -0.39 is 0 Å². The number of aryl methyl sites for hydroxylation is 1. The molecular weight excluding hydrogens is 230 g/mol. The number of nitrogens with one attached hydrogen (secondary N) is 1. The number of fused-ring (bicyclic) bond motifs is 1. The molecule has 1 fully saturated rings. The quantitative estimate of drug-likeness (QED) is 0.857. The monoisotopic (exact) mass is 249 g/mol. The molecule has 0 spiro atoms. The van der Waals surface area contributed by atoms with Crippen LogP contribution < -0.4 is 14.8 Å². The second kappa shape index (κ2) is 5.16. The van der Waals surface area contributed by atoms with Gasteiger partial charge in [0.05, 0.1) is 13.2 Å². The number of morpholine rings is 1. The van der Waals surface area contributed by atoms with Gasteiger partial charge >= 0.3 is 0 Å². The van der Waals surface area contributed by atoms with Gasteiger partial charge in [-0.1, -0.05) is 0 Å². The zero-order chi connectivity index (χ0) is 12.4. The van der Waals surface area contributed by atoms with Gasteiger partial charge in [0.25, 0.3) is 0 Å². The maximum atomic E-state index is 5.63. The van der Waals surface area contributed by atoms with E-state index in [1.165, 1.54) is 11.1 Å². The van der Waals surface area contributed by atoms with Crippen LogP contribution in [0.15, 0.2) is 12.1 Å². The largest absolute Gasteiger partial charge is 0.486 e. The molecule has 1 aromatic carbocycles. The standard InChI is InChI=1S/C14H19NO3/c1-10-6-13-14(18-5-4-17-13)8-11(10)7-12-9-16-3-2-15-12/h6,8,12,15H,2-5,7,9H2,1H3. The van der Waals surface area contributed by atoms with Crippen molar-refractivity contribution in [1.29, 1.82) is 0 Å². The number of rotatable bonds is 2. The predicted molar refractivity (Wildman–Crippen MR) is 68.5 cm³/mol. The highest BCUT2D eigenvalue weighted by Gasteiger charge is 2.18. The van der Waals surface area contributed by atoms with Crippen LogP contribution in [0.5, 0.6) is 11.5 Å². The molecule has 2 aliphatic heterocycles. The molecule has 0 saturated carbocycles. The number of benzene rings is 1. The third kappa shape index (κ3) is 2.44. The van der Waals surface area contributed by atoms with Crippen LogP contribution in [-0.4, -0.2) is 39.0 Å². The highest BCUT2D eigenvalue weighted by atomic mass is 16.6. The normalized spacial score (nSPS) is 22.8. The summed E-state index contributed by atoms with van der Waals surface area (Å²) in [7, 11) is 0. The van der Waals surface area contributed by atoms with Crippen LogP contribution in [0.4, 0.5) is 0 Å². The van der Waals surface area contributed by atoms with Crippen LogP contribution in [0.1, 0.15) is 11.1 Å². The van der Waals surface area contributed by atoms with E-state index in [1.54, 1.807) is 0 Å². The first kappa shape index (κ1) is 11.8. The Bertz CT molecular complexity index is 427. The predicted octanol–water partition coefficient (Wildman–Crippen LogP) is 1.30. The number of ether oxygens (including phenoxy) is 3. The van der Waals surface area contributed by atoms with Crippen molar-refractivity contribution >= 4 is 0 Å². The van der Waals surface area contributed by atoms with Gasteiger partial charge in [-0.3, -0.25) is 0 Å². The van der Waals surface area contributed by atoms with E-state index in [2.05, 4.69) is 24.4 Å². The molecular formula is C14H19NO3. The first-order chi connectivity index (χ1) is 8.83. The van der Waals surface area contributed by atoms with Gasteiger partial charge in [0.1, 0.15) is 13.2 Å². The minimum atomic E-state index is 0.403. The Kier molecular flexibility index (Phi) is 3.39. The molecule has 2 heterocycles. The van der Waals surface area contributed by atoms with E-state index in [4.69, 9.17) is 14.2 Å². The van der Waals surface area contributed by atoms with Gasteiger partial charge in [-0.2, -0.15) is 0 Å². The summed E-state index contributed by atoms with van der Waals surface area (Å²) in [5.74, 6) is 1.74. The maximum Gasteiger partial charge on any atom is 0.161 e. The van der Waals surface area contributed by atoms with Crippen molar-refractivity contribution in [2.24, 2.45) is 0 Å². The minimum Gasteiger partial charge on any atom is -0.486 e. The van der Waals surface area contributed by atoms with Crippen LogP contribution in [0.25, 0.3) is 0 Å². The van der Waals surface area contributed by atoms with Crippen molar-refractivity contribution in [3.63, 3.8) is 0 Å². The van der Waals surface area contributed by atoms with Gasteiger partial charge in [0.15, 0.2) is 11.5 Å². The molecule has 0 radical (unpaired) electrons. The Morgan fingerprint density at radius 3 is 2.67 bits per heavy atom. The highest BCUT2D eigenvalue weighted by molar-refractivity contribution is 5.48. The Balaban J connectivity index is 1.78. The zero-order valence-corrected chi connectivity index (χ0v) is 10.7. The van der Waals surface area contributed by atoms with Crippen LogP contribution in [0.2, 0.25) is 0 Å². The lowest BCUT2D eigenvalue weighted by atomic mass is 10.00. The Morgan fingerprint density at radius 2 is 1.94 bits per heavy atom. The number of hydrogen-bond donors (Lipinski definition) is 1. The second-order valence-electron chi connectivity index (χ2n) is 4.85. The Labute approximate surface area is 107 Å². The Hall–Kier alpha value is -1.26. The van der Waals surface area contributed by atoms with E-state index in [0.29, 0.717) is 19.3 Å². The molecule has 1 saturated heterocycles. The van der Waals surface area contributed by atoms with Crippen LogP contribution in [-0.2, 0) is 11.2 Å². The smallest absolute Gasteiger partial charge is 0.161 e. The lowest BCUT2D eigenvalue weighted by Crippen LogP contribution is -2.42. The van der Waals surface area contributed by atoms with Crippen molar-refractivity contribution in [3.8, 4) is 11.5 Å². The second-order valence-corrected chi connectivity index (χ2v) is 4.85. The molecule has 0 aliphatic carbocycles. The van der Waals surface area contributed by atoms with Gasteiger partial charge in [0.2, 0.25) is 0 Å². The topological polar surface area (TPSA) is 39.7 Å². The van der Waals surface area contributed by atoms with Crippen molar-refractivity contribution < 1.29 is 14.2 Å². The molecule has 4 heteroatoms. The SMILES string of the molecule is Cc1cc2c(cc1CC1COCCN1)OCCO2. The average Bonchev–Trinajstić information content (AvgIpc) is 2.41. The molecule has 1 aromatic rings. The van der Waals surface area contributed by atoms with Crippen molar-refractivity contribution in [1.82, 2.24) is 5.32 Å². The van der Waals surface area contributed by atoms with E-state index in [0.717, 1.165) is 37.7 Å². The summed E-state index contributed by atoms with van der Waals surface area (Å²) in [5.41, 5.74) is 2.56. The van der Waals surface area contributed by atoms with Gasteiger partial charge in [-0.25, -0.2) is 0 Å². The lowest BCUT2D eigenvalue weighted by molar-refractivity contribution is 0.0769. The van der Waals surface area contributed by atoms with Crippen LogP contribution in [0, 0.1) is 6.92 Å². The van der Waals surface area contributed by atoms with Crippen LogP contribution in [0.3, 0.4) is 0 Å². The summed E-state index contributed by atoms with van der Waals surface area (Å²) in [4.78, 5) is 0.